The number of pyridine rings is 1. The Labute approximate surface area is 101 Å². The maximum absolute atomic E-state index is 12.0. The third-order valence-electron chi connectivity index (χ3n) is 2.93. The van der Waals surface area contributed by atoms with E-state index in [9.17, 15) is 9.59 Å². The molecule has 0 aliphatic carbocycles. The smallest absolute Gasteiger partial charge is 0.265 e. The molecular formula is C12H8ClNO3. The zero-order valence-electron chi connectivity index (χ0n) is 8.94. The van der Waals surface area contributed by atoms with Gasteiger partial charge in [0.2, 0.25) is 11.3 Å². The van der Waals surface area contributed by atoms with Crippen LogP contribution in [0.4, 0.5) is 0 Å². The fourth-order valence-electron chi connectivity index (χ4n) is 2.08. The van der Waals surface area contributed by atoms with Crippen LogP contribution in [0.1, 0.15) is 10.4 Å². The number of nitrogens with zero attached hydrogens (tertiary/aromatic N) is 1. The number of fused-ring (bicyclic) bond motifs is 3. The normalized spacial score (nSPS) is 18.2. The first-order valence-electron chi connectivity index (χ1n) is 5.08. The molecule has 0 radical (unpaired) electrons. The third kappa shape index (κ3) is 1.24. The van der Waals surface area contributed by atoms with Crippen LogP contribution >= 0.6 is 11.6 Å². The van der Waals surface area contributed by atoms with E-state index in [-0.39, 0.29) is 11.1 Å². The van der Waals surface area contributed by atoms with E-state index < -0.39 is 11.3 Å². The molecule has 0 saturated carbocycles. The minimum absolute atomic E-state index is 0.0474. The molecule has 0 amide bonds. The highest BCUT2D eigenvalue weighted by atomic mass is 35.5. The van der Waals surface area contributed by atoms with Crippen LogP contribution < -0.4 is 10.3 Å². The van der Waals surface area contributed by atoms with Crippen molar-refractivity contribution in [2.75, 3.05) is 0 Å². The van der Waals surface area contributed by atoms with Crippen molar-refractivity contribution in [2.45, 2.75) is 5.56 Å². The van der Waals surface area contributed by atoms with Gasteiger partial charge in [-0.25, -0.2) is 0 Å². The lowest BCUT2D eigenvalue weighted by Gasteiger charge is -2.08. The molecule has 0 N–H and O–H groups in total. The van der Waals surface area contributed by atoms with Crippen molar-refractivity contribution in [1.29, 1.82) is 0 Å². The second-order valence-electron chi connectivity index (χ2n) is 3.88. The molecule has 0 fully saturated rings. The van der Waals surface area contributed by atoms with Crippen molar-refractivity contribution in [1.82, 2.24) is 4.57 Å². The number of ether oxygens (including phenoxy) is 1. The van der Waals surface area contributed by atoms with Gasteiger partial charge in [-0.05, 0) is 12.1 Å². The Morgan fingerprint density at radius 1 is 1.29 bits per heavy atom. The van der Waals surface area contributed by atoms with Crippen molar-refractivity contribution in [3.05, 3.63) is 40.2 Å². The molecular weight excluding hydrogens is 242 g/mol. The summed E-state index contributed by atoms with van der Waals surface area (Å²) < 4.78 is 6.71. The van der Waals surface area contributed by atoms with Gasteiger partial charge in [-0.1, -0.05) is 23.7 Å². The van der Waals surface area contributed by atoms with Crippen LogP contribution in [0, 0.1) is 0 Å². The SMILES string of the molecule is Cn1c(=O)c2c(c3ccccc31)OC(Cl)C2=O. The lowest BCUT2D eigenvalue weighted by molar-refractivity contribution is 0.0931. The molecule has 4 nitrogen and oxygen atoms in total. The largest absolute Gasteiger partial charge is 0.465 e. The molecule has 1 unspecified atom stereocenters. The Morgan fingerprint density at radius 3 is 2.76 bits per heavy atom. The monoisotopic (exact) mass is 249 g/mol. The molecule has 1 aliphatic heterocycles. The number of alkyl halides is 1. The van der Waals surface area contributed by atoms with Crippen molar-refractivity contribution < 1.29 is 9.53 Å². The van der Waals surface area contributed by atoms with Gasteiger partial charge in [0, 0.05) is 12.4 Å². The minimum Gasteiger partial charge on any atom is -0.465 e. The fourth-order valence-corrected chi connectivity index (χ4v) is 2.28. The van der Waals surface area contributed by atoms with Crippen molar-refractivity contribution in [2.24, 2.45) is 7.05 Å². The van der Waals surface area contributed by atoms with Crippen LogP contribution in [-0.2, 0) is 7.05 Å². The maximum Gasteiger partial charge on any atom is 0.265 e. The van der Waals surface area contributed by atoms with E-state index in [0.29, 0.717) is 5.75 Å². The van der Waals surface area contributed by atoms with Crippen molar-refractivity contribution in [3.8, 4) is 5.75 Å². The van der Waals surface area contributed by atoms with E-state index in [1.807, 2.05) is 12.1 Å². The first-order valence-corrected chi connectivity index (χ1v) is 5.51. The predicted molar refractivity (Wildman–Crippen MR) is 63.8 cm³/mol. The number of hydrogen-bond donors (Lipinski definition) is 0. The summed E-state index contributed by atoms with van der Waals surface area (Å²) in [6.07, 6.45) is 0. The fraction of sp³-hybridized carbons (Fsp3) is 0.167. The number of carbonyl (C=O) groups excluding carboxylic acids is 1. The standard InChI is InChI=1S/C12H8ClNO3/c1-14-7-5-3-2-4-6(7)10-8(12(14)16)9(15)11(13)17-10/h2-5,11H,1H3. The van der Waals surface area contributed by atoms with E-state index in [1.165, 1.54) is 4.57 Å². The number of hydrogen-bond acceptors (Lipinski definition) is 3. The average Bonchev–Trinajstić information content (AvgIpc) is 2.63. The average molecular weight is 250 g/mol. The van der Waals surface area contributed by atoms with E-state index >= 15 is 0 Å². The van der Waals surface area contributed by atoms with E-state index in [1.54, 1.807) is 19.2 Å². The number of rotatable bonds is 0. The summed E-state index contributed by atoms with van der Waals surface area (Å²) in [4.78, 5) is 23.8. The maximum atomic E-state index is 12.0. The molecule has 5 heteroatoms. The summed E-state index contributed by atoms with van der Waals surface area (Å²) in [5, 5.41) is 0.723. The Bertz CT molecular complexity index is 705. The molecule has 0 bridgehead atoms. The van der Waals surface area contributed by atoms with Crippen LogP contribution in [0.3, 0.4) is 0 Å². The van der Waals surface area contributed by atoms with Gasteiger partial charge >= 0.3 is 0 Å². The molecule has 1 aromatic carbocycles. The van der Waals surface area contributed by atoms with Gasteiger partial charge < -0.3 is 9.30 Å². The Kier molecular flexibility index (Phi) is 2.03. The van der Waals surface area contributed by atoms with Gasteiger partial charge in [0.05, 0.1) is 5.52 Å². The molecule has 86 valence electrons. The summed E-state index contributed by atoms with van der Waals surface area (Å²) in [7, 11) is 1.62. The molecule has 1 aliphatic rings. The zero-order chi connectivity index (χ0) is 12.2. The van der Waals surface area contributed by atoms with Gasteiger partial charge in [0.1, 0.15) is 11.3 Å². The number of Topliss-reactive ketones (excluding diaryl/α,β-unsaturated/α-hetero) is 1. The lowest BCUT2D eigenvalue weighted by atomic mass is 10.1. The van der Waals surface area contributed by atoms with E-state index in [0.717, 1.165) is 10.9 Å². The first kappa shape index (κ1) is 10.4. The Hall–Kier alpha value is -1.81. The number of ketones is 1. The highest BCUT2D eigenvalue weighted by Gasteiger charge is 2.35. The van der Waals surface area contributed by atoms with Crippen LogP contribution in [0.15, 0.2) is 29.1 Å². The second-order valence-corrected chi connectivity index (χ2v) is 4.28. The number of carbonyl (C=O) groups is 1. The van der Waals surface area contributed by atoms with Crippen LogP contribution in [0.5, 0.6) is 5.75 Å². The van der Waals surface area contributed by atoms with Gasteiger partial charge in [-0.2, -0.15) is 0 Å². The highest BCUT2D eigenvalue weighted by Crippen LogP contribution is 2.34. The molecule has 2 heterocycles. The van der Waals surface area contributed by atoms with Crippen LogP contribution in [0.2, 0.25) is 0 Å². The second kappa shape index (κ2) is 3.34. The Morgan fingerprint density at radius 2 is 2.00 bits per heavy atom. The molecule has 1 atom stereocenters. The lowest BCUT2D eigenvalue weighted by Crippen LogP contribution is -2.24. The van der Waals surface area contributed by atoms with Gasteiger partial charge in [-0.15, -0.1) is 0 Å². The summed E-state index contributed by atoms with van der Waals surface area (Å²) >= 11 is 5.73. The van der Waals surface area contributed by atoms with E-state index in [4.69, 9.17) is 16.3 Å². The molecule has 2 aromatic rings. The van der Waals surface area contributed by atoms with Gasteiger partial charge in [0.15, 0.2) is 0 Å². The van der Waals surface area contributed by atoms with E-state index in [2.05, 4.69) is 0 Å². The summed E-state index contributed by atoms with van der Waals surface area (Å²) in [6, 6.07) is 7.24. The van der Waals surface area contributed by atoms with Crippen LogP contribution in [-0.4, -0.2) is 15.9 Å². The topological polar surface area (TPSA) is 48.3 Å². The quantitative estimate of drug-likeness (QED) is 0.668. The summed E-state index contributed by atoms with van der Waals surface area (Å²) in [5.41, 5.74) is -0.698. The third-order valence-corrected chi connectivity index (χ3v) is 3.22. The highest BCUT2D eigenvalue weighted by molar-refractivity contribution is 6.35. The predicted octanol–water partition coefficient (Wildman–Crippen LogP) is 1.68. The first-order chi connectivity index (χ1) is 8.11. The Balaban J connectivity index is 2.54. The summed E-state index contributed by atoms with van der Waals surface area (Å²) in [6.45, 7) is 0. The van der Waals surface area contributed by atoms with Gasteiger partial charge in [0.25, 0.3) is 5.56 Å². The molecule has 3 rings (SSSR count). The van der Waals surface area contributed by atoms with Gasteiger partial charge in [-0.3, -0.25) is 9.59 Å². The van der Waals surface area contributed by atoms with Crippen molar-refractivity contribution in [3.63, 3.8) is 0 Å². The number of aryl methyl sites for hydroxylation is 1. The van der Waals surface area contributed by atoms with Crippen molar-refractivity contribution >= 4 is 28.3 Å². The summed E-state index contributed by atoms with van der Waals surface area (Å²) in [5.74, 6) is -0.165. The van der Waals surface area contributed by atoms with Crippen LogP contribution in [0.25, 0.3) is 10.9 Å². The number of aromatic nitrogens is 1. The molecule has 0 spiro atoms. The molecule has 17 heavy (non-hydrogen) atoms. The molecule has 0 saturated heterocycles. The zero-order valence-corrected chi connectivity index (χ0v) is 9.69. The minimum atomic E-state index is -1.09. The molecule has 1 aromatic heterocycles. The number of halogens is 1. The number of benzene rings is 1. The number of para-hydroxylation sites is 1.